The SMILES string of the molecule is Cc1nc(C)n([C@@H](C)CNC(=O)c2cccc(Br)c2)n1. The van der Waals surface area contributed by atoms with Crippen LogP contribution in [-0.2, 0) is 0 Å². The molecule has 1 amide bonds. The number of carbonyl (C=O) groups is 1. The minimum absolute atomic E-state index is 0.0623. The average Bonchev–Trinajstić information content (AvgIpc) is 2.74. The molecule has 0 aliphatic rings. The van der Waals surface area contributed by atoms with E-state index in [1.807, 2.05) is 37.6 Å². The predicted molar refractivity (Wildman–Crippen MR) is 80.7 cm³/mol. The molecule has 1 N–H and O–H groups in total. The molecular formula is C14H17BrN4O. The van der Waals surface area contributed by atoms with Crippen LogP contribution in [-0.4, -0.2) is 27.2 Å². The molecule has 0 spiro atoms. The zero-order chi connectivity index (χ0) is 14.7. The third kappa shape index (κ3) is 3.45. The lowest BCUT2D eigenvalue weighted by atomic mass is 10.2. The lowest BCUT2D eigenvalue weighted by molar-refractivity contribution is 0.0947. The molecule has 20 heavy (non-hydrogen) atoms. The summed E-state index contributed by atoms with van der Waals surface area (Å²) in [7, 11) is 0. The van der Waals surface area contributed by atoms with Crippen LogP contribution in [0.1, 0.15) is 35.0 Å². The summed E-state index contributed by atoms with van der Waals surface area (Å²) < 4.78 is 2.72. The van der Waals surface area contributed by atoms with Crippen LogP contribution in [0.15, 0.2) is 28.7 Å². The number of aromatic nitrogens is 3. The fraction of sp³-hybridized carbons (Fsp3) is 0.357. The Hall–Kier alpha value is -1.69. The van der Waals surface area contributed by atoms with Crippen molar-refractivity contribution in [2.24, 2.45) is 0 Å². The van der Waals surface area contributed by atoms with Gasteiger partial charge in [0, 0.05) is 16.6 Å². The van der Waals surface area contributed by atoms with Crippen molar-refractivity contribution in [1.29, 1.82) is 0 Å². The second-order valence-corrected chi connectivity index (χ2v) is 5.64. The molecule has 1 heterocycles. The highest BCUT2D eigenvalue weighted by molar-refractivity contribution is 9.10. The Bertz CT molecular complexity index is 623. The van der Waals surface area contributed by atoms with Gasteiger partial charge < -0.3 is 5.32 Å². The molecule has 0 fully saturated rings. The van der Waals surface area contributed by atoms with Gasteiger partial charge >= 0.3 is 0 Å². The minimum Gasteiger partial charge on any atom is -0.350 e. The van der Waals surface area contributed by atoms with E-state index in [-0.39, 0.29) is 11.9 Å². The van der Waals surface area contributed by atoms with Crippen molar-refractivity contribution in [3.8, 4) is 0 Å². The molecule has 2 aromatic rings. The van der Waals surface area contributed by atoms with Crippen molar-refractivity contribution in [1.82, 2.24) is 20.1 Å². The maximum absolute atomic E-state index is 12.0. The highest BCUT2D eigenvalue weighted by Gasteiger charge is 2.12. The van der Waals surface area contributed by atoms with E-state index in [2.05, 4.69) is 31.3 Å². The first-order valence-corrected chi connectivity index (χ1v) is 7.20. The Morgan fingerprint density at radius 3 is 2.80 bits per heavy atom. The first-order chi connectivity index (χ1) is 9.47. The molecule has 0 aliphatic heterocycles. The van der Waals surface area contributed by atoms with E-state index in [0.717, 1.165) is 16.1 Å². The lowest BCUT2D eigenvalue weighted by Crippen LogP contribution is -2.30. The number of carbonyl (C=O) groups excluding carboxylic acids is 1. The maximum atomic E-state index is 12.0. The van der Waals surface area contributed by atoms with E-state index in [4.69, 9.17) is 0 Å². The maximum Gasteiger partial charge on any atom is 0.251 e. The minimum atomic E-state index is -0.0901. The molecule has 0 aliphatic carbocycles. The molecule has 0 radical (unpaired) electrons. The van der Waals surface area contributed by atoms with Crippen LogP contribution in [0, 0.1) is 13.8 Å². The van der Waals surface area contributed by atoms with Crippen LogP contribution in [0.4, 0.5) is 0 Å². The van der Waals surface area contributed by atoms with Gasteiger partial charge in [-0.05, 0) is 39.0 Å². The summed E-state index contributed by atoms with van der Waals surface area (Å²) in [4.78, 5) is 16.3. The van der Waals surface area contributed by atoms with Crippen LogP contribution >= 0.6 is 15.9 Å². The number of rotatable bonds is 4. The van der Waals surface area contributed by atoms with E-state index in [1.54, 1.807) is 12.1 Å². The van der Waals surface area contributed by atoms with Gasteiger partial charge in [0.25, 0.3) is 5.91 Å². The molecule has 106 valence electrons. The standard InChI is InChI=1S/C14H17BrN4O/c1-9(19-11(3)17-10(2)18-19)8-16-14(20)12-5-4-6-13(15)7-12/h4-7,9H,8H2,1-3H3,(H,16,20)/t9-/m0/s1. The van der Waals surface area contributed by atoms with Crippen LogP contribution < -0.4 is 5.32 Å². The van der Waals surface area contributed by atoms with Gasteiger partial charge in [-0.2, -0.15) is 5.10 Å². The third-order valence-electron chi connectivity index (χ3n) is 2.97. The molecule has 1 atom stereocenters. The van der Waals surface area contributed by atoms with E-state index in [1.165, 1.54) is 0 Å². The molecule has 1 aromatic carbocycles. The third-order valence-corrected chi connectivity index (χ3v) is 3.46. The summed E-state index contributed by atoms with van der Waals surface area (Å²) in [5.74, 6) is 1.51. The Kier molecular flexibility index (Phi) is 4.54. The lowest BCUT2D eigenvalue weighted by Gasteiger charge is -2.14. The number of hydrogen-bond donors (Lipinski definition) is 1. The quantitative estimate of drug-likeness (QED) is 0.933. The Morgan fingerprint density at radius 1 is 1.45 bits per heavy atom. The largest absolute Gasteiger partial charge is 0.350 e. The summed E-state index contributed by atoms with van der Waals surface area (Å²) in [6.07, 6.45) is 0. The number of amides is 1. The van der Waals surface area contributed by atoms with Crippen LogP contribution in [0.25, 0.3) is 0 Å². The average molecular weight is 337 g/mol. The monoisotopic (exact) mass is 336 g/mol. The Balaban J connectivity index is 1.98. The van der Waals surface area contributed by atoms with E-state index in [9.17, 15) is 4.79 Å². The Morgan fingerprint density at radius 2 is 2.20 bits per heavy atom. The van der Waals surface area contributed by atoms with Crippen LogP contribution in [0.3, 0.4) is 0 Å². The summed E-state index contributed by atoms with van der Waals surface area (Å²) in [6.45, 7) is 6.28. The smallest absolute Gasteiger partial charge is 0.251 e. The highest BCUT2D eigenvalue weighted by Crippen LogP contribution is 2.12. The molecule has 5 nitrogen and oxygen atoms in total. The Labute approximate surface area is 126 Å². The van der Waals surface area contributed by atoms with Gasteiger partial charge in [0.15, 0.2) is 0 Å². The van der Waals surface area contributed by atoms with E-state index < -0.39 is 0 Å². The second kappa shape index (κ2) is 6.17. The number of aryl methyl sites for hydroxylation is 2. The number of benzene rings is 1. The van der Waals surface area contributed by atoms with Crippen LogP contribution in [0.2, 0.25) is 0 Å². The van der Waals surface area contributed by atoms with Crippen molar-refractivity contribution < 1.29 is 4.79 Å². The summed E-state index contributed by atoms with van der Waals surface area (Å²) >= 11 is 3.36. The first-order valence-electron chi connectivity index (χ1n) is 6.41. The van der Waals surface area contributed by atoms with Gasteiger partial charge in [-0.3, -0.25) is 4.79 Å². The van der Waals surface area contributed by atoms with Crippen molar-refractivity contribution in [3.63, 3.8) is 0 Å². The number of nitrogens with zero attached hydrogens (tertiary/aromatic N) is 3. The zero-order valence-electron chi connectivity index (χ0n) is 11.7. The van der Waals surface area contributed by atoms with Gasteiger partial charge in [0.2, 0.25) is 0 Å². The molecule has 1 aromatic heterocycles. The highest BCUT2D eigenvalue weighted by atomic mass is 79.9. The van der Waals surface area contributed by atoms with Gasteiger partial charge in [0.05, 0.1) is 6.04 Å². The summed E-state index contributed by atoms with van der Waals surface area (Å²) in [6, 6.07) is 7.38. The molecule has 0 saturated heterocycles. The fourth-order valence-electron chi connectivity index (χ4n) is 2.01. The first kappa shape index (κ1) is 14.7. The van der Waals surface area contributed by atoms with Crippen molar-refractivity contribution >= 4 is 21.8 Å². The molecule has 2 rings (SSSR count). The van der Waals surface area contributed by atoms with E-state index >= 15 is 0 Å². The second-order valence-electron chi connectivity index (χ2n) is 4.72. The summed E-state index contributed by atoms with van der Waals surface area (Å²) in [5, 5.41) is 7.23. The van der Waals surface area contributed by atoms with Crippen molar-refractivity contribution in [2.45, 2.75) is 26.8 Å². The molecule has 0 unspecified atom stereocenters. The zero-order valence-corrected chi connectivity index (χ0v) is 13.3. The van der Waals surface area contributed by atoms with Gasteiger partial charge in [-0.1, -0.05) is 22.0 Å². The number of hydrogen-bond acceptors (Lipinski definition) is 3. The number of halogens is 1. The normalized spacial score (nSPS) is 12.2. The van der Waals surface area contributed by atoms with Crippen molar-refractivity contribution in [3.05, 3.63) is 46.0 Å². The van der Waals surface area contributed by atoms with Gasteiger partial charge in [-0.25, -0.2) is 9.67 Å². The molecular weight excluding hydrogens is 320 g/mol. The predicted octanol–water partition coefficient (Wildman–Crippen LogP) is 2.65. The molecule has 0 saturated carbocycles. The van der Waals surface area contributed by atoms with Gasteiger partial charge in [-0.15, -0.1) is 0 Å². The topological polar surface area (TPSA) is 59.8 Å². The van der Waals surface area contributed by atoms with E-state index in [0.29, 0.717) is 12.1 Å². The molecule has 6 heteroatoms. The van der Waals surface area contributed by atoms with Crippen molar-refractivity contribution in [2.75, 3.05) is 6.54 Å². The van der Waals surface area contributed by atoms with Crippen LogP contribution in [0.5, 0.6) is 0 Å². The molecule has 0 bridgehead atoms. The summed E-state index contributed by atoms with van der Waals surface area (Å²) in [5.41, 5.74) is 0.637. The number of nitrogens with one attached hydrogen (secondary N) is 1. The van der Waals surface area contributed by atoms with Gasteiger partial charge in [0.1, 0.15) is 11.6 Å². The fourth-order valence-corrected chi connectivity index (χ4v) is 2.41.